The van der Waals surface area contributed by atoms with Crippen molar-refractivity contribution in [2.45, 2.75) is 45.4 Å². The standard InChI is InChI=1S/C33H34N4O/c1-3-4-14-31-30(23(2)37(27-10-6-5-7-11-27)33(36-31)26-19-20-26)21-24-15-17-25(18-16-24)28-12-8-9-13-29(28)32(34)35-22-38/h5-13,15-18,22,26H,2-4,14,19-21H2,1H3,(H2,34,35,38). The number of hydrogen-bond acceptors (Lipinski definition) is 3. The maximum absolute atomic E-state index is 10.9. The fourth-order valence-electron chi connectivity index (χ4n) is 5.02. The summed E-state index contributed by atoms with van der Waals surface area (Å²) in [5.74, 6) is 1.88. The van der Waals surface area contributed by atoms with Gasteiger partial charge < -0.3 is 5.73 Å². The van der Waals surface area contributed by atoms with Crippen LogP contribution in [0.25, 0.3) is 11.1 Å². The molecule has 0 bridgehead atoms. The zero-order chi connectivity index (χ0) is 26.5. The van der Waals surface area contributed by atoms with Gasteiger partial charge in [0.1, 0.15) is 11.7 Å². The van der Waals surface area contributed by atoms with E-state index in [1.165, 1.54) is 29.7 Å². The van der Waals surface area contributed by atoms with Gasteiger partial charge in [-0.2, -0.15) is 4.99 Å². The number of allylic oxidation sites excluding steroid dienone is 2. The Bertz CT molecular complexity index is 1410. The first kappa shape index (κ1) is 25.4. The Morgan fingerprint density at radius 2 is 1.76 bits per heavy atom. The number of nitrogens with zero attached hydrogens (tertiary/aromatic N) is 3. The molecule has 2 aliphatic rings. The van der Waals surface area contributed by atoms with Crippen molar-refractivity contribution in [3.05, 3.63) is 114 Å². The van der Waals surface area contributed by atoms with E-state index in [9.17, 15) is 4.79 Å². The normalized spacial score (nSPS) is 16.0. The van der Waals surface area contributed by atoms with Crippen LogP contribution in [0.15, 0.2) is 112 Å². The van der Waals surface area contributed by atoms with Gasteiger partial charge in [-0.3, -0.25) is 9.69 Å². The zero-order valence-electron chi connectivity index (χ0n) is 21.9. The van der Waals surface area contributed by atoms with Crippen molar-refractivity contribution >= 4 is 23.8 Å². The Kier molecular flexibility index (Phi) is 7.64. The van der Waals surface area contributed by atoms with Gasteiger partial charge >= 0.3 is 0 Å². The summed E-state index contributed by atoms with van der Waals surface area (Å²) in [6, 6.07) is 26.8. The predicted octanol–water partition coefficient (Wildman–Crippen LogP) is 7.04. The molecule has 0 aromatic heterocycles. The second-order valence-electron chi connectivity index (χ2n) is 9.93. The largest absolute Gasteiger partial charge is 0.383 e. The lowest BCUT2D eigenvalue weighted by Gasteiger charge is -2.34. The van der Waals surface area contributed by atoms with Crippen molar-refractivity contribution in [3.63, 3.8) is 0 Å². The minimum absolute atomic E-state index is 0.217. The van der Waals surface area contributed by atoms with Crippen LogP contribution in [0.3, 0.4) is 0 Å². The molecule has 2 N–H and O–H groups in total. The molecule has 0 unspecified atom stereocenters. The Balaban J connectivity index is 1.48. The predicted molar refractivity (Wildman–Crippen MR) is 157 cm³/mol. The number of unbranched alkanes of at least 4 members (excludes halogenated alkanes) is 1. The van der Waals surface area contributed by atoms with Crippen molar-refractivity contribution in [2.24, 2.45) is 21.6 Å². The minimum atomic E-state index is 0.217. The van der Waals surface area contributed by atoms with Gasteiger partial charge in [0.05, 0.1) is 0 Å². The molecule has 1 saturated carbocycles. The van der Waals surface area contributed by atoms with Gasteiger partial charge in [0.2, 0.25) is 6.41 Å². The molecule has 5 heteroatoms. The van der Waals surface area contributed by atoms with Crippen LogP contribution < -0.4 is 10.6 Å². The van der Waals surface area contributed by atoms with E-state index >= 15 is 0 Å². The topological polar surface area (TPSA) is 71.0 Å². The summed E-state index contributed by atoms with van der Waals surface area (Å²) in [4.78, 5) is 22.2. The molecule has 38 heavy (non-hydrogen) atoms. The SMILES string of the molecule is C=C1C(Cc2ccc(-c3ccccc3C(N)=NC=O)cc2)=C(CCCC)N=C(C2CC2)N1c1ccccc1. The molecule has 1 aliphatic heterocycles. The van der Waals surface area contributed by atoms with E-state index in [4.69, 9.17) is 10.7 Å². The number of amidine groups is 2. The first-order chi connectivity index (χ1) is 18.6. The lowest BCUT2D eigenvalue weighted by Crippen LogP contribution is -2.35. The quantitative estimate of drug-likeness (QED) is 0.184. The highest BCUT2D eigenvalue weighted by Crippen LogP contribution is 2.41. The third-order valence-corrected chi connectivity index (χ3v) is 7.21. The number of para-hydroxylation sites is 1. The van der Waals surface area contributed by atoms with Gasteiger partial charge in [-0.1, -0.05) is 86.7 Å². The molecular formula is C33H34N4O. The average Bonchev–Trinajstić information content (AvgIpc) is 3.80. The molecule has 5 nitrogen and oxygen atoms in total. The molecule has 3 aromatic carbocycles. The molecule has 1 aliphatic carbocycles. The second kappa shape index (κ2) is 11.4. The number of carbonyl (C=O) groups is 1. The monoisotopic (exact) mass is 502 g/mol. The van der Waals surface area contributed by atoms with E-state index < -0.39 is 0 Å². The number of amides is 1. The molecule has 0 atom stereocenters. The second-order valence-corrected chi connectivity index (χ2v) is 9.93. The van der Waals surface area contributed by atoms with Gasteiger partial charge in [-0.15, -0.1) is 0 Å². The van der Waals surface area contributed by atoms with E-state index in [0.717, 1.165) is 59.6 Å². The summed E-state index contributed by atoms with van der Waals surface area (Å²) in [6.07, 6.45) is 6.83. The summed E-state index contributed by atoms with van der Waals surface area (Å²) in [5, 5.41) is 0. The van der Waals surface area contributed by atoms with Crippen molar-refractivity contribution in [1.82, 2.24) is 0 Å². The molecule has 0 radical (unpaired) electrons. The van der Waals surface area contributed by atoms with Crippen LogP contribution in [0, 0.1) is 5.92 Å². The van der Waals surface area contributed by atoms with E-state index in [-0.39, 0.29) is 5.84 Å². The first-order valence-corrected chi connectivity index (χ1v) is 13.4. The molecular weight excluding hydrogens is 468 g/mol. The maximum Gasteiger partial charge on any atom is 0.234 e. The van der Waals surface area contributed by atoms with Crippen LogP contribution in [0.1, 0.15) is 50.2 Å². The number of hydrogen-bond donors (Lipinski definition) is 1. The molecule has 1 heterocycles. The Morgan fingerprint density at radius 3 is 2.45 bits per heavy atom. The summed E-state index contributed by atoms with van der Waals surface area (Å²) in [6.45, 7) is 6.84. The van der Waals surface area contributed by atoms with Gasteiger partial charge in [0, 0.05) is 40.6 Å². The average molecular weight is 503 g/mol. The number of benzene rings is 3. The van der Waals surface area contributed by atoms with Gasteiger partial charge in [-0.25, -0.2) is 4.99 Å². The van der Waals surface area contributed by atoms with Crippen molar-refractivity contribution in [1.29, 1.82) is 0 Å². The first-order valence-electron chi connectivity index (χ1n) is 13.4. The van der Waals surface area contributed by atoms with Crippen molar-refractivity contribution < 1.29 is 4.79 Å². The minimum Gasteiger partial charge on any atom is -0.383 e. The number of carbonyl (C=O) groups excluding carboxylic acids is 1. The lowest BCUT2D eigenvalue weighted by molar-refractivity contribution is -0.106. The van der Waals surface area contributed by atoms with Gasteiger partial charge in [-0.05, 0) is 54.5 Å². The molecule has 1 amide bonds. The third kappa shape index (κ3) is 5.37. The van der Waals surface area contributed by atoms with Gasteiger partial charge in [0.15, 0.2) is 0 Å². The summed E-state index contributed by atoms with van der Waals surface area (Å²) in [7, 11) is 0. The number of nitrogens with two attached hydrogens (primary N) is 1. The van der Waals surface area contributed by atoms with Crippen LogP contribution in [-0.2, 0) is 11.2 Å². The number of rotatable bonds is 10. The summed E-state index contributed by atoms with van der Waals surface area (Å²) in [5.41, 5.74) is 14.5. The van der Waals surface area contributed by atoms with Crippen molar-refractivity contribution in [2.75, 3.05) is 4.90 Å². The van der Waals surface area contributed by atoms with Gasteiger partial charge in [0.25, 0.3) is 0 Å². The molecule has 0 saturated heterocycles. The summed E-state index contributed by atoms with van der Waals surface area (Å²) < 4.78 is 0. The van der Waals surface area contributed by atoms with Crippen molar-refractivity contribution in [3.8, 4) is 11.1 Å². The number of anilines is 1. The van der Waals surface area contributed by atoms with Crippen LogP contribution in [0.4, 0.5) is 5.69 Å². The molecule has 1 fully saturated rings. The fraction of sp³-hybridized carbons (Fsp3) is 0.242. The Morgan fingerprint density at radius 1 is 1.05 bits per heavy atom. The Hall–Kier alpha value is -4.25. The molecule has 3 aromatic rings. The zero-order valence-corrected chi connectivity index (χ0v) is 21.9. The van der Waals surface area contributed by atoms with Crippen LogP contribution in [0.2, 0.25) is 0 Å². The number of aliphatic imine (C=N–C) groups is 2. The highest BCUT2D eigenvalue weighted by Gasteiger charge is 2.36. The molecule has 5 rings (SSSR count). The van der Waals surface area contributed by atoms with E-state index in [0.29, 0.717) is 12.3 Å². The Labute approximate surface area is 225 Å². The van der Waals surface area contributed by atoms with E-state index in [2.05, 4.69) is 71.9 Å². The molecule has 0 spiro atoms. The van der Waals surface area contributed by atoms with Crippen LogP contribution >= 0.6 is 0 Å². The van der Waals surface area contributed by atoms with E-state index in [1.807, 2.05) is 30.3 Å². The van der Waals surface area contributed by atoms with E-state index in [1.54, 1.807) is 0 Å². The van der Waals surface area contributed by atoms with Crippen LogP contribution in [-0.4, -0.2) is 18.1 Å². The molecule has 192 valence electrons. The highest BCUT2D eigenvalue weighted by molar-refractivity contribution is 6.06. The lowest BCUT2D eigenvalue weighted by atomic mass is 9.93. The highest BCUT2D eigenvalue weighted by atomic mass is 16.1. The smallest absolute Gasteiger partial charge is 0.234 e. The summed E-state index contributed by atoms with van der Waals surface area (Å²) >= 11 is 0. The fourth-order valence-corrected chi connectivity index (χ4v) is 5.02. The van der Waals surface area contributed by atoms with Crippen LogP contribution in [0.5, 0.6) is 0 Å². The maximum atomic E-state index is 10.9. The third-order valence-electron chi connectivity index (χ3n) is 7.21.